The maximum Gasteiger partial charge on any atom is 0.235 e. The van der Waals surface area contributed by atoms with Crippen LogP contribution in [0.2, 0.25) is 0 Å². The van der Waals surface area contributed by atoms with E-state index in [2.05, 4.69) is 4.90 Å². The first kappa shape index (κ1) is 29.5. The number of hydrogen-bond acceptors (Lipinski definition) is 9. The number of nitrogens with two attached hydrogens (primary N) is 1. The van der Waals surface area contributed by atoms with Gasteiger partial charge in [-0.15, -0.1) is 0 Å². The molecule has 0 bridgehead atoms. The molecule has 1 amide bonds. The number of carbonyl (C=O) groups is 5. The molecule has 5 N–H and O–H groups in total. The van der Waals surface area contributed by atoms with Gasteiger partial charge in [0, 0.05) is 23.8 Å². The lowest BCUT2D eigenvalue weighted by Gasteiger charge is -2.53. The summed E-state index contributed by atoms with van der Waals surface area (Å²) in [5, 5.41) is 34.3. The molecule has 1 aromatic carbocycles. The predicted octanol–water partition coefficient (Wildman–Crippen LogP) is 1.40. The molecule has 10 nitrogen and oxygen atoms in total. The van der Waals surface area contributed by atoms with Crippen LogP contribution in [0.4, 0.5) is 0 Å². The normalized spacial score (nSPS) is 34.2. The summed E-state index contributed by atoms with van der Waals surface area (Å²) in [5.41, 5.74) is 2.80. The predicted molar refractivity (Wildman–Crippen MR) is 147 cm³/mol. The minimum Gasteiger partial charge on any atom is -0.507 e. The van der Waals surface area contributed by atoms with E-state index in [0.717, 1.165) is 32.5 Å². The van der Waals surface area contributed by atoms with E-state index in [9.17, 15) is 39.3 Å². The lowest BCUT2D eigenvalue weighted by molar-refractivity contribution is -0.189. The van der Waals surface area contributed by atoms with E-state index in [0.29, 0.717) is 11.1 Å². The van der Waals surface area contributed by atoms with Gasteiger partial charge in [0.2, 0.25) is 5.91 Å². The van der Waals surface area contributed by atoms with Crippen molar-refractivity contribution in [3.05, 3.63) is 28.8 Å². The molecule has 0 aromatic heterocycles. The molecule has 3 aliphatic carbocycles. The fourth-order valence-electron chi connectivity index (χ4n) is 7.96. The highest BCUT2D eigenvalue weighted by Gasteiger charge is 2.69. The summed E-state index contributed by atoms with van der Waals surface area (Å²) in [6.07, 6.45) is 3.15. The van der Waals surface area contributed by atoms with Crippen LogP contribution in [-0.4, -0.2) is 80.6 Å². The Morgan fingerprint density at radius 3 is 2.39 bits per heavy atom. The SMILES string of the molecule is C[C@H]1c2ccc(C(C)(C)CCCN3CCCCC3)c(O)c2C(=O)C2C(=O)[C@]3(O)C(=O)C(C(N)=O)C(=O)C[C@@H]3[C@@H](O)[C@@H]21. The maximum absolute atomic E-state index is 14.0. The molecule has 222 valence electrons. The Bertz CT molecular complexity index is 1320. The number of carbonyl (C=O) groups excluding carboxylic acids is 5. The standard InChI is InChI=1S/C31H40N2O8/c1-15-16-8-9-17(30(2,3)10-7-13-33-11-5-4-6-12-33)24(35)21(16)26(37)23-20(15)25(36)18-14-19(34)22(29(32)40)27(38)31(18,41)28(23)39/h8-9,15,18,20,22-23,25,35-36,41H,4-7,10-14H2,1-3H3,(H2,32,40)/t15-,18+,20+,22?,23?,25+,31+/m0/s1. The number of aliphatic hydroxyl groups is 2. The summed E-state index contributed by atoms with van der Waals surface area (Å²) in [6.45, 7) is 8.82. The van der Waals surface area contributed by atoms with Crippen LogP contribution in [0.3, 0.4) is 0 Å². The van der Waals surface area contributed by atoms with Crippen LogP contribution in [0.5, 0.6) is 5.75 Å². The van der Waals surface area contributed by atoms with E-state index >= 15 is 0 Å². The van der Waals surface area contributed by atoms with Crippen molar-refractivity contribution in [1.29, 1.82) is 0 Å². The monoisotopic (exact) mass is 568 g/mol. The van der Waals surface area contributed by atoms with Crippen LogP contribution in [0.1, 0.15) is 86.7 Å². The second-order valence-electron chi connectivity index (χ2n) is 13.1. The maximum atomic E-state index is 14.0. The largest absolute Gasteiger partial charge is 0.507 e. The number of hydrogen-bond donors (Lipinski definition) is 4. The molecule has 2 unspecified atom stereocenters. The number of piperidine rings is 1. The number of aromatic hydroxyl groups is 1. The highest BCUT2D eigenvalue weighted by Crippen LogP contribution is 2.54. The number of fused-ring (bicyclic) bond motifs is 3. The summed E-state index contributed by atoms with van der Waals surface area (Å²) >= 11 is 0. The molecular weight excluding hydrogens is 528 g/mol. The van der Waals surface area contributed by atoms with Gasteiger partial charge in [-0.05, 0) is 62.2 Å². The zero-order valence-corrected chi connectivity index (χ0v) is 23.9. The van der Waals surface area contributed by atoms with Crippen molar-refractivity contribution in [2.75, 3.05) is 19.6 Å². The van der Waals surface area contributed by atoms with Gasteiger partial charge in [0.15, 0.2) is 34.7 Å². The number of aliphatic hydroxyl groups excluding tert-OH is 1. The van der Waals surface area contributed by atoms with Crippen molar-refractivity contribution in [2.45, 2.75) is 82.3 Å². The quantitative estimate of drug-likeness (QED) is 0.370. The second-order valence-corrected chi connectivity index (χ2v) is 13.1. The van der Waals surface area contributed by atoms with Gasteiger partial charge in [-0.2, -0.15) is 0 Å². The van der Waals surface area contributed by atoms with E-state index in [1.54, 1.807) is 19.1 Å². The average molecular weight is 569 g/mol. The molecule has 1 aromatic rings. The molecule has 3 fully saturated rings. The second kappa shape index (κ2) is 10.4. The number of phenolic OH excluding ortho intramolecular Hbond substituents is 1. The molecule has 7 atom stereocenters. The highest BCUT2D eigenvalue weighted by atomic mass is 16.3. The lowest BCUT2D eigenvalue weighted by Crippen LogP contribution is -2.72. The Hall–Kier alpha value is -2.95. The third-order valence-electron chi connectivity index (χ3n) is 10.3. The van der Waals surface area contributed by atoms with Crippen molar-refractivity contribution in [2.24, 2.45) is 29.4 Å². The zero-order valence-electron chi connectivity index (χ0n) is 23.9. The van der Waals surface area contributed by atoms with Crippen LogP contribution in [0, 0.1) is 23.7 Å². The molecule has 1 saturated heterocycles. The first-order chi connectivity index (χ1) is 19.2. The number of nitrogens with zero attached hydrogens (tertiary/aromatic N) is 1. The summed E-state index contributed by atoms with van der Waals surface area (Å²) in [4.78, 5) is 67.9. The number of phenols is 1. The van der Waals surface area contributed by atoms with E-state index in [4.69, 9.17) is 5.73 Å². The van der Waals surface area contributed by atoms with E-state index in [1.165, 1.54) is 19.3 Å². The molecule has 4 aliphatic rings. The number of likely N-dealkylation sites (tertiary alicyclic amines) is 1. The summed E-state index contributed by atoms with van der Waals surface area (Å²) in [5.74, 6) is -12.6. The van der Waals surface area contributed by atoms with Crippen LogP contribution < -0.4 is 5.73 Å². The Morgan fingerprint density at radius 2 is 1.76 bits per heavy atom. The Balaban J connectivity index is 1.49. The Kier molecular flexibility index (Phi) is 7.49. The summed E-state index contributed by atoms with van der Waals surface area (Å²) < 4.78 is 0. The Morgan fingerprint density at radius 1 is 1.10 bits per heavy atom. The molecule has 41 heavy (non-hydrogen) atoms. The van der Waals surface area contributed by atoms with Gasteiger partial charge >= 0.3 is 0 Å². The first-order valence-electron chi connectivity index (χ1n) is 14.7. The third-order valence-corrected chi connectivity index (χ3v) is 10.3. The van der Waals surface area contributed by atoms with Crippen LogP contribution >= 0.6 is 0 Å². The number of Topliss-reactive ketones (excluding diaryl/α,β-unsaturated/α-hetero) is 4. The van der Waals surface area contributed by atoms with Gasteiger partial charge in [0.05, 0.1) is 17.6 Å². The summed E-state index contributed by atoms with van der Waals surface area (Å²) in [7, 11) is 0. The fraction of sp³-hybridized carbons (Fsp3) is 0.645. The van der Waals surface area contributed by atoms with E-state index in [-0.39, 0.29) is 11.3 Å². The lowest BCUT2D eigenvalue weighted by atomic mass is 9.50. The van der Waals surface area contributed by atoms with Crippen LogP contribution in [0.25, 0.3) is 0 Å². The molecule has 1 aliphatic heterocycles. The topological polar surface area (TPSA) is 175 Å². The molecule has 1 heterocycles. The van der Waals surface area contributed by atoms with Crippen molar-refractivity contribution >= 4 is 29.0 Å². The van der Waals surface area contributed by atoms with Crippen molar-refractivity contribution in [1.82, 2.24) is 4.90 Å². The van der Waals surface area contributed by atoms with Gasteiger partial charge in [0.1, 0.15) is 5.75 Å². The molecule has 5 rings (SSSR count). The van der Waals surface area contributed by atoms with Gasteiger partial charge in [-0.1, -0.05) is 39.3 Å². The van der Waals surface area contributed by atoms with Crippen molar-refractivity contribution in [3.63, 3.8) is 0 Å². The third kappa shape index (κ3) is 4.46. The number of benzene rings is 1. The van der Waals surface area contributed by atoms with Gasteiger partial charge in [0.25, 0.3) is 0 Å². The molecule has 0 radical (unpaired) electrons. The van der Waals surface area contributed by atoms with E-state index in [1.807, 2.05) is 13.8 Å². The zero-order chi connectivity index (χ0) is 30.0. The number of rotatable bonds is 6. The molecule has 2 saturated carbocycles. The molecule has 0 spiro atoms. The number of primary amides is 1. The first-order valence-corrected chi connectivity index (χ1v) is 14.7. The molecular formula is C31H40N2O8. The molecule has 10 heteroatoms. The number of amides is 1. The van der Waals surface area contributed by atoms with Crippen molar-refractivity contribution in [3.8, 4) is 5.75 Å². The highest BCUT2D eigenvalue weighted by molar-refractivity contribution is 6.31. The number of ketones is 4. The van der Waals surface area contributed by atoms with Crippen molar-refractivity contribution < 1.29 is 39.3 Å². The average Bonchev–Trinajstić information content (AvgIpc) is 2.91. The fourth-order valence-corrected chi connectivity index (χ4v) is 7.96. The van der Waals surface area contributed by atoms with E-state index < -0.39 is 82.2 Å². The smallest absolute Gasteiger partial charge is 0.235 e. The van der Waals surface area contributed by atoms with Crippen LogP contribution in [0.15, 0.2) is 12.1 Å². The summed E-state index contributed by atoms with van der Waals surface area (Å²) in [6, 6.07) is 3.53. The van der Waals surface area contributed by atoms with Gasteiger partial charge in [-0.3, -0.25) is 24.0 Å². The minimum atomic E-state index is -2.91. The minimum absolute atomic E-state index is 0.0475. The Labute approximate surface area is 239 Å². The van der Waals surface area contributed by atoms with Gasteiger partial charge < -0.3 is 26.0 Å². The van der Waals surface area contributed by atoms with Gasteiger partial charge in [-0.25, -0.2) is 0 Å². The van der Waals surface area contributed by atoms with Crippen LogP contribution in [-0.2, 0) is 24.6 Å².